The van der Waals surface area contributed by atoms with Gasteiger partial charge < -0.3 is 30.3 Å². The molecule has 2 unspecified atom stereocenters. The molecule has 1 heterocycles. The molecule has 1 aliphatic rings. The topological polar surface area (TPSA) is 110 Å². The van der Waals surface area contributed by atoms with Gasteiger partial charge in [0.05, 0.1) is 6.61 Å². The summed E-state index contributed by atoms with van der Waals surface area (Å²) in [6, 6.07) is 0. The molecule has 0 aromatic heterocycles. The third kappa shape index (κ3) is 1.56. The summed E-state index contributed by atoms with van der Waals surface area (Å²) >= 11 is 0. The first-order chi connectivity index (χ1) is 5.93. The zero-order valence-corrected chi connectivity index (χ0v) is 7.16. The fourth-order valence-electron chi connectivity index (χ4n) is 1.32. The maximum atomic E-state index is 9.52. The Morgan fingerprint density at radius 3 is 2.23 bits per heavy atom. The maximum absolute atomic E-state index is 9.52. The van der Waals surface area contributed by atoms with Crippen molar-refractivity contribution in [3.05, 3.63) is 0 Å². The van der Waals surface area contributed by atoms with E-state index in [9.17, 15) is 15.3 Å². The highest BCUT2D eigenvalue weighted by atomic mass is 16.7. The van der Waals surface area contributed by atoms with Crippen molar-refractivity contribution >= 4 is 0 Å². The summed E-state index contributed by atoms with van der Waals surface area (Å²) in [6.45, 7) is 0.683. The first-order valence-corrected chi connectivity index (χ1v) is 3.98. The van der Waals surface area contributed by atoms with Gasteiger partial charge in [0.15, 0.2) is 0 Å². The lowest BCUT2D eigenvalue weighted by atomic mass is 10.0. The summed E-state index contributed by atoms with van der Waals surface area (Å²) in [7, 11) is 0. The highest BCUT2D eigenvalue weighted by molar-refractivity contribution is 4.97. The number of rotatable bonds is 2. The molecule has 0 aromatic rings. The summed E-state index contributed by atoms with van der Waals surface area (Å²) in [4.78, 5) is 0. The van der Waals surface area contributed by atoms with Crippen LogP contribution in [-0.4, -0.2) is 62.3 Å². The number of ether oxygens (including phenoxy) is 1. The smallest absolute Gasteiger partial charge is 0.221 e. The van der Waals surface area contributed by atoms with E-state index in [1.165, 1.54) is 6.92 Å². The first kappa shape index (κ1) is 10.8. The van der Waals surface area contributed by atoms with Crippen LogP contribution in [0.5, 0.6) is 0 Å². The minimum absolute atomic E-state index is 0.534. The van der Waals surface area contributed by atoms with Crippen LogP contribution in [0.4, 0.5) is 0 Å². The second kappa shape index (κ2) is 3.49. The molecule has 5 N–H and O–H groups in total. The second-order valence-corrected chi connectivity index (χ2v) is 3.20. The lowest BCUT2D eigenvalue weighted by molar-refractivity contribution is -0.273. The molecular weight excluding hydrogens is 180 g/mol. The SMILES string of the molecule is CC(O)C1(O)O[C@H](CO)[C@@H](O)[C@@H]1O. The van der Waals surface area contributed by atoms with E-state index in [1.54, 1.807) is 0 Å². The van der Waals surface area contributed by atoms with E-state index in [2.05, 4.69) is 0 Å². The normalized spacial score (nSPS) is 48.0. The van der Waals surface area contributed by atoms with Gasteiger partial charge >= 0.3 is 0 Å². The first-order valence-electron chi connectivity index (χ1n) is 3.98. The Labute approximate surface area is 75.0 Å². The van der Waals surface area contributed by atoms with E-state index in [0.29, 0.717) is 0 Å². The molecule has 0 radical (unpaired) electrons. The largest absolute Gasteiger partial charge is 0.394 e. The fraction of sp³-hybridized carbons (Fsp3) is 1.00. The monoisotopic (exact) mass is 194 g/mol. The molecule has 0 aliphatic carbocycles. The Bertz CT molecular complexity index is 184. The molecule has 1 rings (SSSR count). The fourth-order valence-corrected chi connectivity index (χ4v) is 1.32. The van der Waals surface area contributed by atoms with Gasteiger partial charge in [-0.15, -0.1) is 0 Å². The van der Waals surface area contributed by atoms with Gasteiger partial charge in [-0.25, -0.2) is 0 Å². The molecule has 6 heteroatoms. The standard InChI is InChI=1S/C7H14O6/c1-3(9)7(12)6(11)5(10)4(2-8)13-7/h3-6,8-12H,2H2,1H3/t3?,4-,5-,6+,7?/m1/s1. The number of hydrogen-bond acceptors (Lipinski definition) is 6. The van der Waals surface area contributed by atoms with Crippen LogP contribution in [-0.2, 0) is 4.74 Å². The van der Waals surface area contributed by atoms with Crippen molar-refractivity contribution in [2.75, 3.05) is 6.61 Å². The van der Waals surface area contributed by atoms with Crippen LogP contribution in [0.3, 0.4) is 0 Å². The summed E-state index contributed by atoms with van der Waals surface area (Å²) in [6.07, 6.45) is -5.45. The second-order valence-electron chi connectivity index (χ2n) is 3.20. The molecule has 1 fully saturated rings. The van der Waals surface area contributed by atoms with E-state index in [4.69, 9.17) is 14.9 Å². The van der Waals surface area contributed by atoms with E-state index < -0.39 is 36.8 Å². The minimum atomic E-state index is -2.20. The average molecular weight is 194 g/mol. The van der Waals surface area contributed by atoms with E-state index in [0.717, 1.165) is 0 Å². The highest BCUT2D eigenvalue weighted by Gasteiger charge is 2.55. The summed E-state index contributed by atoms with van der Waals surface area (Å²) in [5.74, 6) is -2.20. The molecule has 0 amide bonds. The molecule has 5 atom stereocenters. The predicted molar refractivity (Wildman–Crippen MR) is 40.6 cm³/mol. The van der Waals surface area contributed by atoms with Gasteiger partial charge in [-0.05, 0) is 6.92 Å². The van der Waals surface area contributed by atoms with Crippen LogP contribution >= 0.6 is 0 Å². The van der Waals surface area contributed by atoms with Crippen molar-refractivity contribution in [2.45, 2.75) is 37.1 Å². The van der Waals surface area contributed by atoms with E-state index in [-0.39, 0.29) is 0 Å². The lowest BCUT2D eigenvalue weighted by Gasteiger charge is -2.28. The molecular formula is C7H14O6. The summed E-state index contributed by atoms with van der Waals surface area (Å²) in [5, 5.41) is 45.8. The van der Waals surface area contributed by atoms with E-state index in [1.807, 2.05) is 0 Å². The molecule has 6 nitrogen and oxygen atoms in total. The molecule has 78 valence electrons. The Morgan fingerprint density at radius 2 is 2.00 bits per heavy atom. The van der Waals surface area contributed by atoms with Crippen molar-refractivity contribution in [2.24, 2.45) is 0 Å². The van der Waals surface area contributed by atoms with Gasteiger partial charge in [-0.1, -0.05) is 0 Å². The molecule has 0 spiro atoms. The van der Waals surface area contributed by atoms with Gasteiger partial charge in [0.25, 0.3) is 0 Å². The van der Waals surface area contributed by atoms with E-state index >= 15 is 0 Å². The molecule has 0 bridgehead atoms. The Hall–Kier alpha value is -0.240. The number of aliphatic hydroxyl groups is 5. The van der Waals surface area contributed by atoms with Gasteiger partial charge in [-0.2, -0.15) is 0 Å². The van der Waals surface area contributed by atoms with Crippen LogP contribution in [0.1, 0.15) is 6.92 Å². The summed E-state index contributed by atoms with van der Waals surface area (Å²) < 4.78 is 4.74. The molecule has 0 saturated carbocycles. The van der Waals surface area contributed by atoms with Gasteiger partial charge in [0.2, 0.25) is 5.79 Å². The predicted octanol–water partition coefficient (Wildman–Crippen LogP) is -2.83. The van der Waals surface area contributed by atoms with Crippen molar-refractivity contribution in [1.29, 1.82) is 0 Å². The quantitative estimate of drug-likeness (QED) is 0.324. The molecule has 0 aromatic carbocycles. The number of hydrogen-bond donors (Lipinski definition) is 5. The highest BCUT2D eigenvalue weighted by Crippen LogP contribution is 2.31. The van der Waals surface area contributed by atoms with Crippen LogP contribution in [0.25, 0.3) is 0 Å². The van der Waals surface area contributed by atoms with Crippen molar-refractivity contribution in [3.8, 4) is 0 Å². The molecule has 13 heavy (non-hydrogen) atoms. The van der Waals surface area contributed by atoms with Crippen LogP contribution < -0.4 is 0 Å². The van der Waals surface area contributed by atoms with Gasteiger partial charge in [0, 0.05) is 0 Å². The Kier molecular flexibility index (Phi) is 2.91. The molecule has 1 saturated heterocycles. The zero-order valence-electron chi connectivity index (χ0n) is 7.16. The third-order valence-corrected chi connectivity index (χ3v) is 2.25. The van der Waals surface area contributed by atoms with Gasteiger partial charge in [0.1, 0.15) is 24.4 Å². The van der Waals surface area contributed by atoms with Crippen LogP contribution in [0, 0.1) is 0 Å². The average Bonchev–Trinajstić information content (AvgIpc) is 2.31. The lowest BCUT2D eigenvalue weighted by Crippen LogP contribution is -2.51. The Morgan fingerprint density at radius 1 is 1.46 bits per heavy atom. The van der Waals surface area contributed by atoms with Crippen LogP contribution in [0.2, 0.25) is 0 Å². The summed E-state index contributed by atoms with van der Waals surface area (Å²) in [5.41, 5.74) is 0. The third-order valence-electron chi connectivity index (χ3n) is 2.25. The number of aliphatic hydroxyl groups excluding tert-OH is 4. The Balaban J connectivity index is 2.81. The molecule has 1 aliphatic heterocycles. The zero-order chi connectivity index (χ0) is 10.2. The van der Waals surface area contributed by atoms with Gasteiger partial charge in [-0.3, -0.25) is 0 Å². The minimum Gasteiger partial charge on any atom is -0.394 e. The maximum Gasteiger partial charge on any atom is 0.221 e. The van der Waals surface area contributed by atoms with Crippen molar-refractivity contribution < 1.29 is 30.3 Å². The van der Waals surface area contributed by atoms with Crippen molar-refractivity contribution in [1.82, 2.24) is 0 Å². The van der Waals surface area contributed by atoms with Crippen LogP contribution in [0.15, 0.2) is 0 Å². The van der Waals surface area contributed by atoms with Crippen molar-refractivity contribution in [3.63, 3.8) is 0 Å².